The normalized spacial score (nSPS) is 19.9. The summed E-state index contributed by atoms with van der Waals surface area (Å²) in [6.45, 7) is 0. The van der Waals surface area contributed by atoms with Crippen LogP contribution in [0.1, 0.15) is 35.6 Å². The van der Waals surface area contributed by atoms with E-state index < -0.39 is 40.6 Å². The fourth-order valence-electron chi connectivity index (χ4n) is 4.25. The lowest BCUT2D eigenvalue weighted by atomic mass is 9.96. The SMILES string of the molecule is CN(C)C(=O)CCc1ccccc1C1CC1(C(=O)O)N(c1ccc(-c2cc(C(F)(F)F)on2)s1)S(=O)O. The zero-order chi connectivity index (χ0) is 27.1. The number of carboxylic acids is 1. The molecule has 1 amide bonds. The van der Waals surface area contributed by atoms with Gasteiger partial charge in [0, 0.05) is 32.5 Å². The number of carbonyl (C=O) groups is 2. The van der Waals surface area contributed by atoms with E-state index in [1.807, 2.05) is 0 Å². The molecule has 2 N–H and O–H groups in total. The van der Waals surface area contributed by atoms with Crippen LogP contribution in [0.5, 0.6) is 0 Å². The Bertz CT molecular complexity index is 1360. The lowest BCUT2D eigenvalue weighted by molar-refractivity contribution is -0.155. The maximum Gasteiger partial charge on any atom is 0.452 e. The van der Waals surface area contributed by atoms with Gasteiger partial charge < -0.3 is 14.5 Å². The number of amides is 1. The highest BCUT2D eigenvalue weighted by Gasteiger charge is 2.67. The van der Waals surface area contributed by atoms with Gasteiger partial charge in [0.2, 0.25) is 11.7 Å². The van der Waals surface area contributed by atoms with E-state index in [0.29, 0.717) is 18.1 Å². The Balaban J connectivity index is 1.66. The largest absolute Gasteiger partial charge is 0.479 e. The molecule has 0 radical (unpaired) electrons. The number of hydrogen-bond donors (Lipinski definition) is 2. The number of carboxylic acid groups (broad SMARTS) is 1. The molecule has 3 atom stereocenters. The molecule has 4 rings (SSSR count). The maximum atomic E-state index is 12.9. The van der Waals surface area contributed by atoms with Crippen molar-refractivity contribution < 1.29 is 41.2 Å². The summed E-state index contributed by atoms with van der Waals surface area (Å²) >= 11 is -1.95. The van der Waals surface area contributed by atoms with Crippen LogP contribution in [0.3, 0.4) is 0 Å². The molecular formula is C23H22F3N3O6S2. The van der Waals surface area contributed by atoms with Crippen LogP contribution in [0.25, 0.3) is 10.6 Å². The molecule has 3 unspecified atom stereocenters. The van der Waals surface area contributed by atoms with E-state index in [1.165, 1.54) is 17.0 Å². The molecule has 0 saturated heterocycles. The van der Waals surface area contributed by atoms with Crippen LogP contribution < -0.4 is 4.31 Å². The van der Waals surface area contributed by atoms with E-state index in [9.17, 15) is 36.6 Å². The van der Waals surface area contributed by atoms with Gasteiger partial charge in [-0.05, 0) is 36.1 Å². The third-order valence-corrected chi connectivity index (χ3v) is 8.24. The van der Waals surface area contributed by atoms with Crippen molar-refractivity contribution in [3.8, 4) is 10.6 Å². The number of alkyl halides is 3. The molecule has 0 bridgehead atoms. The fourth-order valence-corrected chi connectivity index (χ4v) is 6.27. The quantitative estimate of drug-likeness (QED) is 0.374. The van der Waals surface area contributed by atoms with Crippen LogP contribution in [0, 0.1) is 0 Å². The number of carbonyl (C=O) groups excluding carboxylic acids is 1. The third kappa shape index (κ3) is 5.13. The van der Waals surface area contributed by atoms with Gasteiger partial charge >= 0.3 is 12.1 Å². The third-order valence-electron chi connectivity index (χ3n) is 6.19. The van der Waals surface area contributed by atoms with Crippen molar-refractivity contribution in [3.05, 3.63) is 59.4 Å². The van der Waals surface area contributed by atoms with E-state index in [-0.39, 0.29) is 34.3 Å². The molecule has 37 heavy (non-hydrogen) atoms. The predicted molar refractivity (Wildman–Crippen MR) is 129 cm³/mol. The number of aromatic nitrogens is 1. The van der Waals surface area contributed by atoms with Crippen molar-refractivity contribution in [2.45, 2.75) is 36.9 Å². The molecule has 1 aromatic carbocycles. The summed E-state index contributed by atoms with van der Waals surface area (Å²) in [6.07, 6.45) is -4.15. The average Bonchev–Trinajstić information content (AvgIpc) is 3.14. The molecule has 2 heterocycles. The molecule has 14 heteroatoms. The van der Waals surface area contributed by atoms with Crippen LogP contribution in [0.4, 0.5) is 18.2 Å². The monoisotopic (exact) mass is 557 g/mol. The van der Waals surface area contributed by atoms with E-state index in [0.717, 1.165) is 21.2 Å². The zero-order valence-electron chi connectivity index (χ0n) is 19.6. The summed E-state index contributed by atoms with van der Waals surface area (Å²) in [5.41, 5.74) is -0.511. The van der Waals surface area contributed by atoms with Crippen LogP contribution >= 0.6 is 11.3 Å². The number of nitrogens with zero attached hydrogens (tertiary/aromatic N) is 3. The Hall–Kier alpha value is -3.23. The molecule has 9 nitrogen and oxygen atoms in total. The Labute approximate surface area is 215 Å². The minimum absolute atomic E-state index is 0.0166. The van der Waals surface area contributed by atoms with Gasteiger partial charge in [0.1, 0.15) is 10.7 Å². The molecular weight excluding hydrogens is 535 g/mol. The number of aliphatic carboxylic acids is 1. The van der Waals surface area contributed by atoms with Gasteiger partial charge in [0.15, 0.2) is 5.54 Å². The van der Waals surface area contributed by atoms with Crippen LogP contribution in [-0.4, -0.2) is 55.4 Å². The number of benzene rings is 1. The summed E-state index contributed by atoms with van der Waals surface area (Å²) in [6, 6.07) is 10.5. The first-order valence-corrected chi connectivity index (χ1v) is 12.8. The second-order valence-corrected chi connectivity index (χ2v) is 10.6. The van der Waals surface area contributed by atoms with E-state index >= 15 is 0 Å². The molecule has 0 spiro atoms. The number of halogens is 3. The summed E-state index contributed by atoms with van der Waals surface area (Å²) in [5.74, 6) is -3.38. The number of anilines is 1. The van der Waals surface area contributed by atoms with Crippen molar-refractivity contribution >= 4 is 39.5 Å². The summed E-state index contributed by atoms with van der Waals surface area (Å²) in [7, 11) is 3.27. The molecule has 198 valence electrons. The van der Waals surface area contributed by atoms with Gasteiger partial charge in [-0.1, -0.05) is 29.4 Å². The molecule has 1 aliphatic rings. The topological polar surface area (TPSA) is 124 Å². The minimum Gasteiger partial charge on any atom is -0.479 e. The fraction of sp³-hybridized carbons (Fsp3) is 0.348. The smallest absolute Gasteiger partial charge is 0.452 e. The summed E-state index contributed by atoms with van der Waals surface area (Å²) in [4.78, 5) is 26.3. The van der Waals surface area contributed by atoms with Crippen molar-refractivity contribution in [1.29, 1.82) is 0 Å². The Morgan fingerprint density at radius 1 is 1.24 bits per heavy atom. The molecule has 1 saturated carbocycles. The maximum absolute atomic E-state index is 12.9. The van der Waals surface area contributed by atoms with Gasteiger partial charge in [-0.25, -0.2) is 13.3 Å². The first-order valence-electron chi connectivity index (χ1n) is 10.9. The van der Waals surface area contributed by atoms with Crippen LogP contribution in [0.15, 0.2) is 47.0 Å². The highest BCUT2D eigenvalue weighted by molar-refractivity contribution is 7.81. The van der Waals surface area contributed by atoms with Crippen molar-refractivity contribution in [2.75, 3.05) is 18.4 Å². The minimum atomic E-state index is -4.73. The predicted octanol–water partition coefficient (Wildman–Crippen LogP) is 4.40. The molecule has 1 fully saturated rings. The van der Waals surface area contributed by atoms with Crippen LogP contribution in [-0.2, 0) is 33.5 Å². The van der Waals surface area contributed by atoms with Crippen molar-refractivity contribution in [2.24, 2.45) is 0 Å². The lowest BCUT2D eigenvalue weighted by Gasteiger charge is -2.27. The number of aryl methyl sites for hydroxylation is 1. The van der Waals surface area contributed by atoms with Crippen LogP contribution in [0.2, 0.25) is 0 Å². The van der Waals surface area contributed by atoms with Gasteiger partial charge in [-0.15, -0.1) is 11.3 Å². The Morgan fingerprint density at radius 2 is 1.95 bits per heavy atom. The highest BCUT2D eigenvalue weighted by Crippen LogP contribution is 2.59. The van der Waals surface area contributed by atoms with E-state index in [4.69, 9.17) is 0 Å². The van der Waals surface area contributed by atoms with Gasteiger partial charge in [-0.3, -0.25) is 9.35 Å². The second-order valence-electron chi connectivity index (χ2n) is 8.71. The van der Waals surface area contributed by atoms with E-state index in [2.05, 4.69) is 9.68 Å². The van der Waals surface area contributed by atoms with Crippen molar-refractivity contribution in [3.63, 3.8) is 0 Å². The molecule has 0 aliphatic heterocycles. The average molecular weight is 558 g/mol. The first-order chi connectivity index (χ1) is 17.4. The Kier molecular flexibility index (Phi) is 7.18. The summed E-state index contributed by atoms with van der Waals surface area (Å²) in [5, 5.41) is 13.7. The lowest BCUT2D eigenvalue weighted by Crippen LogP contribution is -2.46. The number of hydrogen-bond acceptors (Lipinski definition) is 6. The van der Waals surface area contributed by atoms with Gasteiger partial charge in [-0.2, -0.15) is 13.2 Å². The highest BCUT2D eigenvalue weighted by atomic mass is 32.2. The van der Waals surface area contributed by atoms with Gasteiger partial charge in [0.05, 0.1) is 4.88 Å². The summed E-state index contributed by atoms with van der Waals surface area (Å²) < 4.78 is 66.5. The van der Waals surface area contributed by atoms with Crippen molar-refractivity contribution in [1.82, 2.24) is 10.1 Å². The first kappa shape index (κ1) is 26.8. The van der Waals surface area contributed by atoms with E-state index in [1.54, 1.807) is 38.4 Å². The molecule has 1 aliphatic carbocycles. The molecule has 3 aromatic rings. The number of thiophene rings is 1. The zero-order valence-corrected chi connectivity index (χ0v) is 21.2. The van der Waals surface area contributed by atoms with Gasteiger partial charge in [0.25, 0.3) is 11.3 Å². The number of rotatable bonds is 9. The standard InChI is InChI=1S/C23H22F3N3O6S2/c1-28(2)19(30)9-7-13-5-3-4-6-14(13)15-12-22(15,21(31)32)29(37(33)34)20-10-8-17(36-20)16-11-18(35-27-16)23(24,25)26/h3-6,8,10-11,15H,7,9,12H2,1-2H3,(H,31,32)(H,33,34). The molecule has 2 aromatic heterocycles. The Morgan fingerprint density at radius 3 is 2.54 bits per heavy atom. The second kappa shape index (κ2) is 9.91.